The highest BCUT2D eigenvalue weighted by molar-refractivity contribution is 6.04. The molecule has 2 heterocycles. The molecule has 10 heteroatoms. The smallest absolute Gasteiger partial charge is 0.275 e. The van der Waals surface area contributed by atoms with Crippen LogP contribution in [0, 0.1) is 5.92 Å². The summed E-state index contributed by atoms with van der Waals surface area (Å²) in [6.45, 7) is 6.46. The monoisotopic (exact) mass is 469 g/mol. The van der Waals surface area contributed by atoms with E-state index in [1.807, 2.05) is 13.8 Å². The first-order valence-corrected chi connectivity index (χ1v) is 11.1. The minimum absolute atomic E-state index is 0.0110. The van der Waals surface area contributed by atoms with Crippen molar-refractivity contribution < 1.29 is 23.9 Å². The Kier molecular flexibility index (Phi) is 8.17. The normalized spacial score (nSPS) is 21.6. The third-order valence-electron chi connectivity index (χ3n) is 5.90. The van der Waals surface area contributed by atoms with Crippen molar-refractivity contribution in [2.24, 2.45) is 5.92 Å². The highest BCUT2D eigenvalue weighted by Crippen LogP contribution is 2.26. The van der Waals surface area contributed by atoms with Crippen LogP contribution >= 0.6 is 0 Å². The van der Waals surface area contributed by atoms with E-state index in [2.05, 4.69) is 15.3 Å². The second-order valence-electron chi connectivity index (χ2n) is 8.52. The fourth-order valence-electron chi connectivity index (χ4n) is 3.90. The standard InChI is InChI=1S/C24H31N5O5/c1-15-12-29(17(3)30)16(2)14-34-21-7-6-18(27-23(31)20-11-25-8-9-26-20)10-19(21)24(32)28(4)13-22(15)33-5/h6-11,15-16,22H,12-14H2,1-5H3,(H,27,31)/t15-,16+,22+/m1/s1. The maximum absolute atomic E-state index is 13.4. The first-order chi connectivity index (χ1) is 16.2. The summed E-state index contributed by atoms with van der Waals surface area (Å²) < 4.78 is 11.7. The largest absolute Gasteiger partial charge is 0.491 e. The highest BCUT2D eigenvalue weighted by atomic mass is 16.5. The first-order valence-electron chi connectivity index (χ1n) is 11.1. The lowest BCUT2D eigenvalue weighted by atomic mass is 10.0. The lowest BCUT2D eigenvalue weighted by Gasteiger charge is -2.35. The van der Waals surface area contributed by atoms with Crippen molar-refractivity contribution in [2.75, 3.05) is 39.2 Å². The molecule has 1 aromatic heterocycles. The average Bonchev–Trinajstić information content (AvgIpc) is 2.83. The van der Waals surface area contributed by atoms with Crippen LogP contribution in [0.2, 0.25) is 0 Å². The first kappa shape index (κ1) is 25.1. The molecular formula is C24H31N5O5. The second kappa shape index (κ2) is 11.1. The van der Waals surface area contributed by atoms with Gasteiger partial charge in [-0.05, 0) is 25.1 Å². The second-order valence-corrected chi connectivity index (χ2v) is 8.52. The van der Waals surface area contributed by atoms with E-state index in [9.17, 15) is 14.4 Å². The molecule has 0 radical (unpaired) electrons. The van der Waals surface area contributed by atoms with Crippen LogP contribution in [0.3, 0.4) is 0 Å². The predicted molar refractivity (Wildman–Crippen MR) is 126 cm³/mol. The summed E-state index contributed by atoms with van der Waals surface area (Å²) >= 11 is 0. The number of methoxy groups -OCH3 is 1. The number of carbonyl (C=O) groups excluding carboxylic acids is 3. The Bertz CT molecular complexity index is 1030. The fraction of sp³-hybridized carbons (Fsp3) is 0.458. The lowest BCUT2D eigenvalue weighted by Crippen LogP contribution is -2.48. The molecule has 0 spiro atoms. The van der Waals surface area contributed by atoms with Crippen molar-refractivity contribution in [1.82, 2.24) is 19.8 Å². The van der Waals surface area contributed by atoms with Crippen LogP contribution in [0.15, 0.2) is 36.8 Å². The number of nitrogens with one attached hydrogen (secondary N) is 1. The number of hydrogen-bond acceptors (Lipinski definition) is 7. The van der Waals surface area contributed by atoms with Crippen molar-refractivity contribution in [1.29, 1.82) is 0 Å². The summed E-state index contributed by atoms with van der Waals surface area (Å²) in [4.78, 5) is 49.4. The van der Waals surface area contributed by atoms with Crippen molar-refractivity contribution >= 4 is 23.4 Å². The molecule has 34 heavy (non-hydrogen) atoms. The summed E-state index contributed by atoms with van der Waals surface area (Å²) in [6.07, 6.45) is 4.00. The SMILES string of the molecule is CO[C@H]1CN(C)C(=O)c2cc(NC(=O)c3cnccn3)ccc2OC[C@H](C)N(C(C)=O)C[C@H]1C. The van der Waals surface area contributed by atoms with E-state index >= 15 is 0 Å². The van der Waals surface area contributed by atoms with Crippen molar-refractivity contribution in [3.05, 3.63) is 48.0 Å². The summed E-state index contributed by atoms with van der Waals surface area (Å²) in [5.74, 6) is -0.407. The van der Waals surface area contributed by atoms with Gasteiger partial charge in [0.1, 0.15) is 18.1 Å². The van der Waals surface area contributed by atoms with Gasteiger partial charge in [0, 0.05) is 58.2 Å². The van der Waals surface area contributed by atoms with Crippen molar-refractivity contribution in [2.45, 2.75) is 32.9 Å². The molecule has 1 aromatic carbocycles. The van der Waals surface area contributed by atoms with Crippen LogP contribution in [0.25, 0.3) is 0 Å². The van der Waals surface area contributed by atoms with Crippen LogP contribution in [0.4, 0.5) is 5.69 Å². The molecule has 0 saturated heterocycles. The molecule has 3 atom stereocenters. The number of hydrogen-bond donors (Lipinski definition) is 1. The van der Waals surface area contributed by atoms with Gasteiger partial charge in [0.2, 0.25) is 5.91 Å². The van der Waals surface area contributed by atoms with Crippen LogP contribution < -0.4 is 10.1 Å². The number of nitrogens with zero attached hydrogens (tertiary/aromatic N) is 4. The molecule has 1 aliphatic heterocycles. The van der Waals surface area contributed by atoms with E-state index in [4.69, 9.17) is 9.47 Å². The topological polar surface area (TPSA) is 114 Å². The molecule has 0 bridgehead atoms. The molecule has 1 N–H and O–H groups in total. The number of likely N-dealkylation sites (N-methyl/N-ethyl adjacent to an activating group) is 1. The van der Waals surface area contributed by atoms with E-state index in [1.165, 1.54) is 25.5 Å². The molecule has 3 rings (SSSR count). The molecule has 3 amide bonds. The van der Waals surface area contributed by atoms with Gasteiger partial charge < -0.3 is 24.6 Å². The maximum Gasteiger partial charge on any atom is 0.275 e. The third-order valence-corrected chi connectivity index (χ3v) is 5.90. The van der Waals surface area contributed by atoms with Gasteiger partial charge in [0.15, 0.2) is 0 Å². The summed E-state index contributed by atoms with van der Waals surface area (Å²) in [5.41, 5.74) is 0.871. The van der Waals surface area contributed by atoms with Crippen LogP contribution in [0.1, 0.15) is 41.6 Å². The van der Waals surface area contributed by atoms with Gasteiger partial charge in [-0.15, -0.1) is 0 Å². The van der Waals surface area contributed by atoms with Gasteiger partial charge >= 0.3 is 0 Å². The predicted octanol–water partition coefficient (Wildman–Crippen LogP) is 2.08. The molecule has 0 saturated carbocycles. The van der Waals surface area contributed by atoms with Gasteiger partial charge in [-0.2, -0.15) is 0 Å². The summed E-state index contributed by atoms with van der Waals surface area (Å²) in [5, 5.41) is 2.74. The minimum Gasteiger partial charge on any atom is -0.491 e. The molecule has 182 valence electrons. The molecule has 0 fully saturated rings. The number of amides is 3. The lowest BCUT2D eigenvalue weighted by molar-refractivity contribution is -0.133. The molecular weight excluding hydrogens is 438 g/mol. The van der Waals surface area contributed by atoms with E-state index in [0.717, 1.165) is 0 Å². The van der Waals surface area contributed by atoms with E-state index in [0.29, 0.717) is 30.1 Å². The van der Waals surface area contributed by atoms with Gasteiger partial charge in [0.05, 0.1) is 23.9 Å². The number of fused-ring (bicyclic) bond motifs is 1. The third kappa shape index (κ3) is 5.88. The van der Waals surface area contributed by atoms with Crippen LogP contribution in [-0.2, 0) is 9.53 Å². The van der Waals surface area contributed by atoms with Crippen molar-refractivity contribution in [3.63, 3.8) is 0 Å². The Morgan fingerprint density at radius 2 is 1.97 bits per heavy atom. The Labute approximate surface area is 199 Å². The number of ether oxygens (including phenoxy) is 2. The zero-order chi connectivity index (χ0) is 24.8. The Morgan fingerprint density at radius 3 is 2.62 bits per heavy atom. The Hall–Kier alpha value is -3.53. The molecule has 10 nitrogen and oxygen atoms in total. The Morgan fingerprint density at radius 1 is 1.21 bits per heavy atom. The number of rotatable bonds is 3. The van der Waals surface area contributed by atoms with Gasteiger partial charge in [-0.3, -0.25) is 19.4 Å². The van der Waals surface area contributed by atoms with E-state index in [-0.39, 0.29) is 42.2 Å². The summed E-state index contributed by atoms with van der Waals surface area (Å²) in [7, 11) is 3.29. The molecule has 2 aromatic rings. The minimum atomic E-state index is -0.443. The average molecular weight is 470 g/mol. The highest BCUT2D eigenvalue weighted by Gasteiger charge is 2.29. The fourth-order valence-corrected chi connectivity index (χ4v) is 3.90. The zero-order valence-electron chi connectivity index (χ0n) is 20.1. The van der Waals surface area contributed by atoms with Gasteiger partial charge in [-0.1, -0.05) is 6.92 Å². The quantitative estimate of drug-likeness (QED) is 0.732. The molecule has 0 aliphatic carbocycles. The van der Waals surface area contributed by atoms with Crippen LogP contribution in [0.5, 0.6) is 5.75 Å². The van der Waals surface area contributed by atoms with Crippen LogP contribution in [-0.4, -0.2) is 83.5 Å². The molecule has 0 unspecified atom stereocenters. The Balaban J connectivity index is 1.94. The number of anilines is 1. The number of carbonyl (C=O) groups is 3. The maximum atomic E-state index is 13.4. The van der Waals surface area contributed by atoms with E-state index < -0.39 is 5.91 Å². The van der Waals surface area contributed by atoms with Gasteiger partial charge in [-0.25, -0.2) is 4.98 Å². The van der Waals surface area contributed by atoms with Crippen molar-refractivity contribution in [3.8, 4) is 5.75 Å². The number of benzene rings is 1. The molecule has 1 aliphatic rings. The zero-order valence-corrected chi connectivity index (χ0v) is 20.1. The summed E-state index contributed by atoms with van der Waals surface area (Å²) in [6, 6.07) is 4.65. The van der Waals surface area contributed by atoms with Gasteiger partial charge in [0.25, 0.3) is 11.8 Å². The van der Waals surface area contributed by atoms with E-state index in [1.54, 1.807) is 42.2 Å². The number of aromatic nitrogens is 2.